The molecule has 6 heteroatoms. The summed E-state index contributed by atoms with van der Waals surface area (Å²) in [7, 11) is 0. The molecule has 0 aromatic rings. The van der Waals surface area contributed by atoms with Crippen molar-refractivity contribution in [2.24, 2.45) is 0 Å². The highest BCUT2D eigenvalue weighted by Crippen LogP contribution is 2.15. The maximum Gasteiger partial charge on any atom is 0.306 e. The lowest BCUT2D eigenvalue weighted by molar-refractivity contribution is -0.167. The summed E-state index contributed by atoms with van der Waals surface area (Å²) in [5, 5.41) is 0. The summed E-state index contributed by atoms with van der Waals surface area (Å²) in [6.07, 6.45) is 66.3. The van der Waals surface area contributed by atoms with Crippen molar-refractivity contribution in [1.29, 1.82) is 0 Å². The van der Waals surface area contributed by atoms with Gasteiger partial charge in [0.25, 0.3) is 0 Å². The molecule has 0 rings (SSSR count). The molecule has 0 saturated carbocycles. The zero-order valence-electron chi connectivity index (χ0n) is 43.0. The fourth-order valence-electron chi connectivity index (χ4n) is 7.80. The van der Waals surface area contributed by atoms with E-state index in [9.17, 15) is 14.4 Å². The first-order chi connectivity index (χ1) is 32.0. The number of unbranched alkanes of at least 4 members (excludes halogenated alkanes) is 29. The summed E-state index contributed by atoms with van der Waals surface area (Å²) in [5.74, 6) is -0.912. The first-order valence-electron chi connectivity index (χ1n) is 27.8. The minimum Gasteiger partial charge on any atom is -0.462 e. The van der Waals surface area contributed by atoms with E-state index < -0.39 is 6.10 Å². The van der Waals surface area contributed by atoms with E-state index in [1.165, 1.54) is 122 Å². The van der Waals surface area contributed by atoms with Crippen molar-refractivity contribution in [3.05, 3.63) is 60.8 Å². The molecule has 0 aromatic heterocycles. The monoisotopic (exact) mass is 909 g/mol. The number of carbonyl (C=O) groups is 3. The van der Waals surface area contributed by atoms with Crippen LogP contribution in [0.25, 0.3) is 0 Å². The van der Waals surface area contributed by atoms with Crippen LogP contribution < -0.4 is 0 Å². The molecule has 0 aliphatic carbocycles. The Labute approximate surface area is 402 Å². The summed E-state index contributed by atoms with van der Waals surface area (Å²) >= 11 is 0. The SMILES string of the molecule is CC/C=C\C/C=C\C/C=C\CCCCCCCC(=O)OC[C@H](COC(=O)CCCCCCC/C=C\CCCCCCCCC)OC(=O)CCCCCCC/C=C\CCCCCCCCC. The van der Waals surface area contributed by atoms with Gasteiger partial charge < -0.3 is 14.2 Å². The van der Waals surface area contributed by atoms with Crippen molar-refractivity contribution >= 4 is 17.9 Å². The standard InChI is InChI=1S/C59H104O6/c1-4-7-10-13-16-19-22-25-28-31-34-37-40-43-46-49-52-58(61)64-55-56(54-63-57(60)51-48-45-42-39-36-33-30-27-24-21-18-15-12-9-6-3)65-59(62)53-50-47-44-41-38-35-32-29-26-23-20-17-14-11-8-5-2/h9,12,18,21,27-32,56H,4-8,10-11,13-17,19-20,22-26,33-55H2,1-3H3/b12-9-,21-18-,30-27-,31-28-,32-29-/t56-/m1/s1. The van der Waals surface area contributed by atoms with Crippen LogP contribution in [-0.4, -0.2) is 37.2 Å². The first kappa shape index (κ1) is 62.1. The van der Waals surface area contributed by atoms with E-state index in [4.69, 9.17) is 14.2 Å². The van der Waals surface area contributed by atoms with E-state index in [0.717, 1.165) is 116 Å². The number of allylic oxidation sites excluding steroid dienone is 10. The smallest absolute Gasteiger partial charge is 0.306 e. The van der Waals surface area contributed by atoms with Gasteiger partial charge in [-0.3, -0.25) is 14.4 Å². The van der Waals surface area contributed by atoms with Crippen LogP contribution in [0.1, 0.15) is 278 Å². The Balaban J connectivity index is 4.42. The van der Waals surface area contributed by atoms with Crippen molar-refractivity contribution in [3.63, 3.8) is 0 Å². The third-order valence-corrected chi connectivity index (χ3v) is 12.0. The molecule has 0 spiro atoms. The van der Waals surface area contributed by atoms with Crippen LogP contribution in [0.5, 0.6) is 0 Å². The second kappa shape index (κ2) is 53.7. The molecule has 0 saturated heterocycles. The van der Waals surface area contributed by atoms with Gasteiger partial charge in [0.05, 0.1) is 0 Å². The molecule has 0 aromatic carbocycles. The van der Waals surface area contributed by atoms with Crippen molar-refractivity contribution in [3.8, 4) is 0 Å². The minimum absolute atomic E-state index is 0.0867. The highest BCUT2D eigenvalue weighted by atomic mass is 16.6. The highest BCUT2D eigenvalue weighted by Gasteiger charge is 2.19. The molecular formula is C59H104O6. The molecule has 0 aliphatic heterocycles. The molecule has 6 nitrogen and oxygen atoms in total. The maximum absolute atomic E-state index is 12.8. The molecule has 0 aliphatic rings. The largest absolute Gasteiger partial charge is 0.462 e. The number of ether oxygens (including phenoxy) is 3. The number of hydrogen-bond donors (Lipinski definition) is 0. The molecule has 0 unspecified atom stereocenters. The van der Waals surface area contributed by atoms with Gasteiger partial charge >= 0.3 is 17.9 Å². The quantitative estimate of drug-likeness (QED) is 0.0262. The Kier molecular flexibility index (Phi) is 51.3. The van der Waals surface area contributed by atoms with Crippen LogP contribution in [0, 0.1) is 0 Å². The molecule has 376 valence electrons. The topological polar surface area (TPSA) is 78.9 Å². The molecule has 0 radical (unpaired) electrons. The lowest BCUT2D eigenvalue weighted by atomic mass is 10.1. The fraction of sp³-hybridized carbons (Fsp3) is 0.780. The molecule has 0 fully saturated rings. The first-order valence-corrected chi connectivity index (χ1v) is 27.8. The van der Waals surface area contributed by atoms with E-state index in [1.807, 2.05) is 0 Å². The van der Waals surface area contributed by atoms with Crippen molar-refractivity contribution in [1.82, 2.24) is 0 Å². The second-order valence-electron chi connectivity index (χ2n) is 18.5. The number of rotatable bonds is 50. The number of esters is 3. The fourth-order valence-corrected chi connectivity index (χ4v) is 7.80. The second-order valence-corrected chi connectivity index (χ2v) is 18.5. The molecule has 0 amide bonds. The van der Waals surface area contributed by atoms with Crippen LogP contribution in [0.4, 0.5) is 0 Å². The Morgan fingerprint density at radius 3 is 0.954 bits per heavy atom. The number of carbonyl (C=O) groups excluding carboxylic acids is 3. The lowest BCUT2D eigenvalue weighted by Gasteiger charge is -2.18. The minimum atomic E-state index is -0.788. The normalized spacial score (nSPS) is 12.5. The van der Waals surface area contributed by atoms with Gasteiger partial charge in [-0.2, -0.15) is 0 Å². The van der Waals surface area contributed by atoms with Crippen molar-refractivity contribution in [2.75, 3.05) is 13.2 Å². The highest BCUT2D eigenvalue weighted by molar-refractivity contribution is 5.71. The predicted molar refractivity (Wildman–Crippen MR) is 279 cm³/mol. The Morgan fingerprint density at radius 2 is 0.600 bits per heavy atom. The third kappa shape index (κ3) is 51.9. The molecular weight excluding hydrogens is 805 g/mol. The van der Waals surface area contributed by atoms with E-state index >= 15 is 0 Å². The molecule has 65 heavy (non-hydrogen) atoms. The Morgan fingerprint density at radius 1 is 0.323 bits per heavy atom. The Bertz CT molecular complexity index is 1180. The van der Waals surface area contributed by atoms with Crippen LogP contribution in [-0.2, 0) is 28.6 Å². The van der Waals surface area contributed by atoms with E-state index in [1.54, 1.807) is 0 Å². The van der Waals surface area contributed by atoms with Gasteiger partial charge in [-0.15, -0.1) is 0 Å². The molecule has 0 N–H and O–H groups in total. The van der Waals surface area contributed by atoms with E-state index in [2.05, 4.69) is 81.5 Å². The summed E-state index contributed by atoms with van der Waals surface area (Å²) in [6.45, 7) is 6.51. The van der Waals surface area contributed by atoms with Gasteiger partial charge in [0, 0.05) is 19.3 Å². The van der Waals surface area contributed by atoms with Crippen LogP contribution in [0.15, 0.2) is 60.8 Å². The van der Waals surface area contributed by atoms with Gasteiger partial charge in [-0.1, -0.05) is 216 Å². The summed E-state index contributed by atoms with van der Waals surface area (Å²) in [4.78, 5) is 38.1. The summed E-state index contributed by atoms with van der Waals surface area (Å²) in [5.41, 5.74) is 0. The lowest BCUT2D eigenvalue weighted by Crippen LogP contribution is -2.30. The maximum atomic E-state index is 12.8. The molecule has 1 atom stereocenters. The predicted octanol–water partition coefficient (Wildman–Crippen LogP) is 18.4. The van der Waals surface area contributed by atoms with Gasteiger partial charge in [0.15, 0.2) is 6.10 Å². The third-order valence-electron chi connectivity index (χ3n) is 12.0. The van der Waals surface area contributed by atoms with Crippen LogP contribution >= 0.6 is 0 Å². The van der Waals surface area contributed by atoms with Crippen molar-refractivity contribution in [2.45, 2.75) is 284 Å². The molecule has 0 heterocycles. The number of hydrogen-bond acceptors (Lipinski definition) is 6. The average Bonchev–Trinajstić information content (AvgIpc) is 3.30. The van der Waals surface area contributed by atoms with Gasteiger partial charge in [-0.05, 0) is 103 Å². The average molecular weight is 909 g/mol. The van der Waals surface area contributed by atoms with Gasteiger partial charge in [-0.25, -0.2) is 0 Å². The zero-order valence-corrected chi connectivity index (χ0v) is 43.0. The van der Waals surface area contributed by atoms with Crippen LogP contribution in [0.3, 0.4) is 0 Å². The molecule has 0 bridgehead atoms. The van der Waals surface area contributed by atoms with E-state index in [0.29, 0.717) is 19.3 Å². The van der Waals surface area contributed by atoms with Crippen molar-refractivity contribution < 1.29 is 28.6 Å². The zero-order chi connectivity index (χ0) is 47.2. The summed E-state index contributed by atoms with van der Waals surface area (Å²) in [6, 6.07) is 0. The van der Waals surface area contributed by atoms with E-state index in [-0.39, 0.29) is 31.1 Å². The summed E-state index contributed by atoms with van der Waals surface area (Å²) < 4.78 is 16.8. The Hall–Kier alpha value is -2.89. The van der Waals surface area contributed by atoms with Gasteiger partial charge in [0.1, 0.15) is 13.2 Å². The van der Waals surface area contributed by atoms with Crippen LogP contribution in [0.2, 0.25) is 0 Å². The van der Waals surface area contributed by atoms with Gasteiger partial charge in [0.2, 0.25) is 0 Å².